The van der Waals surface area contributed by atoms with Crippen molar-refractivity contribution < 1.29 is 125 Å². The number of aliphatic hydroxyl groups is 1. The van der Waals surface area contributed by atoms with E-state index >= 15 is 0 Å². The number of nitrogens with two attached hydrogens (primary N) is 4. The van der Waals surface area contributed by atoms with Crippen molar-refractivity contribution in [2.45, 2.75) is 192 Å². The van der Waals surface area contributed by atoms with E-state index in [9.17, 15) is 71.4 Å². The van der Waals surface area contributed by atoms with Gasteiger partial charge in [0.1, 0.15) is 41.0 Å². The molecule has 7 aromatic rings. The Labute approximate surface area is 830 Å². The molecule has 22 N–H and O–H groups in total. The van der Waals surface area contributed by atoms with Crippen molar-refractivity contribution in [1.29, 1.82) is 0 Å². The van der Waals surface area contributed by atoms with E-state index in [2.05, 4.69) is 111 Å². The molecular weight excluding hydrogens is 2030 g/mol. The van der Waals surface area contributed by atoms with E-state index < -0.39 is 124 Å². The van der Waals surface area contributed by atoms with Crippen molar-refractivity contribution in [3.8, 4) is 11.5 Å². The number of esters is 4. The fourth-order valence-corrected chi connectivity index (χ4v) is 13.1. The zero-order chi connectivity index (χ0) is 102. The van der Waals surface area contributed by atoms with Crippen LogP contribution in [0, 0.1) is 96.9 Å². The predicted octanol–water partition coefficient (Wildman–Crippen LogP) is 11.1. The average molecular weight is 2170 g/mol. The number of aromatic carboxylic acids is 1. The molecule has 0 radical (unpaired) electrons. The molecule has 0 saturated carbocycles. The van der Waals surface area contributed by atoms with E-state index in [0.717, 1.165) is 119 Å². The first-order valence-corrected chi connectivity index (χ1v) is 44.5. The number of hydrogen-bond donors (Lipinski definition) is 18. The third-order valence-corrected chi connectivity index (χ3v) is 23.3. The Balaban J connectivity index is -0.000000350. The molecule has 0 heterocycles. The Bertz CT molecular complexity index is 5080. The largest absolute Gasteiger partial charge is 0.508 e. The minimum absolute atomic E-state index is 0. The van der Waals surface area contributed by atoms with Gasteiger partial charge in [-0.15, -0.1) is 0 Å². The van der Waals surface area contributed by atoms with Crippen molar-refractivity contribution in [2.24, 2.45) is 22.9 Å². The second kappa shape index (κ2) is 66.3. The molecule has 746 valence electrons. The molecule has 1 unspecified atom stereocenters. The molecule has 0 spiro atoms. The SMILES string of the molecule is C.C.C.C.C=C(NB(C)O)C(=O)OC.CB(O)N[C@@H](Cc1c(C)cc(C(N)=O)cc1C)C(=O)O.COC(=O)/C(=C/c1c(C)cc(C(N)=O)cc1C)NB(C)O.COC(=O)C(CO)NB(C)O.COC(=O)[C@H](Cc1c(C)cc(C(N)=O)cc1C)NB(C)O.Cc1cc(C(=O)O)cc(C)c1Br.Cc1cc(C(N)=O)cc(C)c1Br.Cc1cc(O)cc(C)c1Br.Cc1cc(OS(C)(=O)=O)cc(C)c1Br. The van der Waals surface area contributed by atoms with Crippen LogP contribution in [0.2, 0.25) is 34.1 Å². The first-order chi connectivity index (χ1) is 60.4. The molecular formula is C90H136B5Br4N9O26S. The Kier molecular flexibility index (Phi) is 66.5. The van der Waals surface area contributed by atoms with Crippen LogP contribution < -0.4 is 53.3 Å². The zero-order valence-corrected chi connectivity index (χ0v) is 85.0. The lowest BCUT2D eigenvalue weighted by molar-refractivity contribution is -0.144. The number of amides is 4. The van der Waals surface area contributed by atoms with Crippen LogP contribution >= 0.6 is 63.7 Å². The van der Waals surface area contributed by atoms with Crippen molar-refractivity contribution in [2.75, 3.05) is 41.3 Å². The van der Waals surface area contributed by atoms with Gasteiger partial charge in [-0.2, -0.15) is 8.42 Å². The number of aliphatic carboxylic acids is 1. The van der Waals surface area contributed by atoms with Crippen molar-refractivity contribution >= 4 is 175 Å². The van der Waals surface area contributed by atoms with E-state index in [1.165, 1.54) is 62.6 Å². The number of carboxylic acids is 2. The molecule has 0 aliphatic rings. The highest BCUT2D eigenvalue weighted by molar-refractivity contribution is 9.11. The number of phenols is 1. The van der Waals surface area contributed by atoms with Gasteiger partial charge in [0.2, 0.25) is 23.6 Å². The number of ether oxygens (including phenoxy) is 4. The normalized spacial score (nSPS) is 10.6. The number of phenolic OH excluding ortho intramolecular Hbond substituents is 1. The summed E-state index contributed by atoms with van der Waals surface area (Å²) in [6, 6.07) is 21.3. The molecule has 3 atom stereocenters. The Hall–Kier alpha value is -10.2. The van der Waals surface area contributed by atoms with Crippen molar-refractivity contribution in [1.82, 2.24) is 26.1 Å². The van der Waals surface area contributed by atoms with Crippen LogP contribution in [0.5, 0.6) is 11.5 Å². The molecule has 0 aromatic heterocycles. The summed E-state index contributed by atoms with van der Waals surface area (Å²) < 4.78 is 48.6. The summed E-state index contributed by atoms with van der Waals surface area (Å²) in [5.41, 5.74) is 38.7. The number of nitrogens with one attached hydrogen (secondary N) is 5. The number of methoxy groups -OCH3 is 4. The lowest BCUT2D eigenvalue weighted by Crippen LogP contribution is -2.47. The number of benzene rings is 7. The average Bonchev–Trinajstić information content (AvgIpc) is 0.823. The lowest BCUT2D eigenvalue weighted by Gasteiger charge is -2.20. The number of rotatable bonds is 28. The van der Waals surface area contributed by atoms with Crippen LogP contribution in [-0.4, -0.2) is 208 Å². The van der Waals surface area contributed by atoms with E-state index in [4.69, 9.17) is 62.3 Å². The smallest absolute Gasteiger partial charge is 0.407 e. The summed E-state index contributed by atoms with van der Waals surface area (Å²) in [6.45, 7) is 36.6. The van der Waals surface area contributed by atoms with Crippen LogP contribution in [0.4, 0.5) is 0 Å². The maximum absolute atomic E-state index is 11.8. The predicted molar refractivity (Wildman–Crippen MR) is 551 cm³/mol. The fourth-order valence-electron chi connectivity index (χ4n) is 11.7. The zero-order valence-electron chi connectivity index (χ0n) is 77.8. The molecule has 35 nitrogen and oxygen atoms in total. The van der Waals surface area contributed by atoms with Gasteiger partial charge in [0.05, 0.1) is 46.9 Å². The minimum atomic E-state index is -3.44. The molecule has 0 saturated heterocycles. The first-order valence-electron chi connectivity index (χ1n) is 39.5. The van der Waals surface area contributed by atoms with Crippen LogP contribution in [-0.2, 0) is 65.9 Å². The van der Waals surface area contributed by atoms with Crippen molar-refractivity contribution in [3.05, 3.63) is 243 Å². The van der Waals surface area contributed by atoms with E-state index in [0.29, 0.717) is 45.7 Å². The highest BCUT2D eigenvalue weighted by atomic mass is 79.9. The van der Waals surface area contributed by atoms with Crippen LogP contribution in [0.15, 0.2) is 121 Å². The molecule has 45 heteroatoms. The molecule has 0 fully saturated rings. The summed E-state index contributed by atoms with van der Waals surface area (Å²) >= 11 is 13.6. The number of carboxylic acid groups (broad SMARTS) is 2. The standard InChI is InChI=1S/C14H21BN2O4.C14H19BN2O4.C13H19BN2O4.C9H10BrNO.C9H11BrO3S.C9H9BrO2.C8H9BrO.C5H12BNO4.C5H10BNO3.4CH4/c2*1-8-5-10(13(16)18)6-9(2)11(8)7-12(14(19)21-4)17-15(3)20;1-7-4-9(12(15)17)5-8(2)10(7)6-11(13(18)19)16-14(3)20;1-5-3-7(9(11)12)4-6(2)8(5)10;1-6-4-8(13-14(3,11)12)5-7(2)9(6)10;1-5-3-7(9(11)12)4-6(2)8(5)10;1-5-3-7(10)4-6(2)8(5)9;1-6(10)7-4(3-8)5(9)11-2;1-4(5(8)10-3)7-6(2)9;;;;/h5-6,12,17,20H,7H2,1-4H3,(H2,16,18);5-7,17,20H,1-4H3,(H2,16,18);4-5,11,16,20H,6H2,1-3H3,(H2,15,17)(H,18,19);3-4H,1-2H3,(H2,11,12);4-5H,1-3H3;3-4H,1-2H3,(H,11,12);3-4,10H,1-2H3;4,7-8,10H,3H2,1-2H3;7,9H,1H2,2-3H3;4*1H4/b;12-7-;;;;;;;;;;;/t12-;;11-;;;;;;;;;;/m0.0........../s1. The number of halogens is 4. The van der Waals surface area contributed by atoms with Gasteiger partial charge in [0.15, 0.2) is 0 Å². The molecule has 4 amide bonds. The van der Waals surface area contributed by atoms with E-state index in [1.54, 1.807) is 105 Å². The van der Waals surface area contributed by atoms with Crippen LogP contribution in [0.3, 0.4) is 0 Å². The topological polar surface area (TPSA) is 597 Å². The number of primary amides is 4. The van der Waals surface area contributed by atoms with E-state index in [1.807, 2.05) is 83.1 Å². The van der Waals surface area contributed by atoms with Crippen LogP contribution in [0.25, 0.3) is 6.08 Å². The van der Waals surface area contributed by atoms with Crippen LogP contribution in [0.1, 0.15) is 176 Å². The minimum Gasteiger partial charge on any atom is -0.508 e. The first kappa shape index (κ1) is 135. The summed E-state index contributed by atoms with van der Waals surface area (Å²) in [5.74, 6) is -5.32. The molecule has 0 aliphatic heterocycles. The Morgan fingerprint density at radius 2 is 0.674 bits per heavy atom. The number of aryl methyl sites for hydroxylation is 14. The van der Waals surface area contributed by atoms with Gasteiger partial charge in [-0.3, -0.25) is 33.6 Å². The number of aliphatic hydroxyl groups excluding tert-OH is 1. The number of aromatic hydroxyl groups is 1. The number of hydrogen-bond acceptors (Lipinski definition) is 29. The van der Waals surface area contributed by atoms with Gasteiger partial charge in [-0.25, -0.2) is 14.4 Å². The van der Waals surface area contributed by atoms with E-state index in [-0.39, 0.29) is 53.4 Å². The van der Waals surface area contributed by atoms with Gasteiger partial charge < -0.3 is 118 Å². The quantitative estimate of drug-likeness (QED) is 0.00712. The van der Waals surface area contributed by atoms with Gasteiger partial charge in [0, 0.05) is 40.1 Å². The molecule has 0 aliphatic carbocycles. The number of carbonyl (C=O) groups excluding carboxylic acids is 8. The maximum Gasteiger partial charge on any atom is 0.407 e. The Morgan fingerprint density at radius 3 is 0.941 bits per heavy atom. The highest BCUT2D eigenvalue weighted by Crippen LogP contribution is 2.30. The van der Waals surface area contributed by atoms with Gasteiger partial charge in [-0.05, 0) is 329 Å². The number of carbonyl (C=O) groups is 10. The molecule has 7 aromatic carbocycles. The summed E-state index contributed by atoms with van der Waals surface area (Å²) in [5, 5.41) is 93.9. The highest BCUT2D eigenvalue weighted by Gasteiger charge is 2.27. The summed E-state index contributed by atoms with van der Waals surface area (Å²) in [7, 11) is -2.69. The fraction of sp³-hybridized carbons (Fsp3) is 0.378. The summed E-state index contributed by atoms with van der Waals surface area (Å²) in [6.07, 6.45) is 3.18. The maximum atomic E-state index is 11.8. The van der Waals surface area contributed by atoms with Gasteiger partial charge in [-0.1, -0.05) is 100 Å². The lowest BCUT2D eigenvalue weighted by atomic mass is 9.85. The molecule has 135 heavy (non-hydrogen) atoms. The monoisotopic (exact) mass is 2160 g/mol. The second-order valence-corrected chi connectivity index (χ2v) is 34.4. The van der Waals surface area contributed by atoms with Gasteiger partial charge in [0.25, 0.3) is 0 Å². The van der Waals surface area contributed by atoms with Gasteiger partial charge >= 0.3 is 81.2 Å². The second-order valence-electron chi connectivity index (χ2n) is 29.7. The van der Waals surface area contributed by atoms with Crippen molar-refractivity contribution in [3.63, 3.8) is 0 Å². The summed E-state index contributed by atoms with van der Waals surface area (Å²) in [4.78, 5) is 111. The molecule has 7 rings (SSSR count). The molecule has 0 bridgehead atoms. The third kappa shape index (κ3) is 51.5. The third-order valence-electron chi connectivity index (χ3n) is 17.8. The Morgan fingerprint density at radius 1 is 0.407 bits per heavy atom.